The van der Waals surface area contributed by atoms with Gasteiger partial charge < -0.3 is 5.32 Å². The van der Waals surface area contributed by atoms with Crippen molar-refractivity contribution in [3.05, 3.63) is 71.8 Å². The Balaban J connectivity index is 1.79. The van der Waals surface area contributed by atoms with Gasteiger partial charge in [0.1, 0.15) is 11.3 Å². The van der Waals surface area contributed by atoms with Crippen molar-refractivity contribution >= 4 is 22.5 Å². The normalized spacial score (nSPS) is 12.3. The van der Waals surface area contributed by atoms with Gasteiger partial charge in [-0.3, -0.25) is 9.88 Å². The molecule has 0 aliphatic rings. The number of hydrogen-bond acceptors (Lipinski definition) is 6. The van der Waals surface area contributed by atoms with Gasteiger partial charge in [-0.05, 0) is 68.4 Å². The summed E-state index contributed by atoms with van der Waals surface area (Å²) in [5.41, 5.74) is -0.958. The molecule has 0 atom stereocenters. The van der Waals surface area contributed by atoms with Crippen LogP contribution in [0.3, 0.4) is 0 Å². The molecule has 1 aromatic carbocycles. The van der Waals surface area contributed by atoms with Crippen LogP contribution in [0.2, 0.25) is 0 Å². The molecule has 0 aliphatic carbocycles. The van der Waals surface area contributed by atoms with Crippen LogP contribution >= 0.6 is 0 Å². The molecule has 6 nitrogen and oxygen atoms in total. The van der Waals surface area contributed by atoms with E-state index in [2.05, 4.69) is 44.0 Å². The monoisotopic (exact) mass is 576 g/mol. The lowest BCUT2D eigenvalue weighted by Crippen LogP contribution is -2.26. The first-order chi connectivity index (χ1) is 19.5. The Morgan fingerprint density at radius 1 is 0.829 bits per heavy atom. The largest absolute Gasteiger partial charge is 0.418 e. The van der Waals surface area contributed by atoms with E-state index in [0.717, 1.165) is 57.0 Å². The van der Waals surface area contributed by atoms with Crippen LogP contribution < -0.4 is 5.32 Å². The lowest BCUT2D eigenvalue weighted by Gasteiger charge is -2.21. The Bertz CT molecular complexity index is 1450. The van der Waals surface area contributed by atoms with Crippen molar-refractivity contribution in [1.82, 2.24) is 24.8 Å². The van der Waals surface area contributed by atoms with Gasteiger partial charge in [-0.15, -0.1) is 0 Å². The van der Waals surface area contributed by atoms with Crippen molar-refractivity contribution in [2.45, 2.75) is 58.4 Å². The van der Waals surface area contributed by atoms with Crippen LogP contribution in [-0.2, 0) is 18.9 Å². The standard InChI is InChI=1S/C29H30F6N6/c1-3-5-14-41(15-6-4-2)18-24-39-23-16-19(25-22(29(33,34)35)8-7-13-36-25)17-37-26(23)27(40-24)38-21-11-9-20(10-12-21)28(30,31)32/h7-13,16-17H,3-6,14-15,18H2,1-2H3,(H,38,39,40). The van der Waals surface area contributed by atoms with Crippen LogP contribution in [0.1, 0.15) is 56.5 Å². The van der Waals surface area contributed by atoms with E-state index in [-0.39, 0.29) is 28.1 Å². The second kappa shape index (κ2) is 12.8. The van der Waals surface area contributed by atoms with Crippen molar-refractivity contribution in [2.75, 3.05) is 18.4 Å². The minimum Gasteiger partial charge on any atom is -0.338 e. The third kappa shape index (κ3) is 7.69. The summed E-state index contributed by atoms with van der Waals surface area (Å²) < 4.78 is 80.3. The third-order valence-electron chi connectivity index (χ3n) is 6.46. The molecule has 0 saturated heterocycles. The SMILES string of the molecule is CCCCN(CCCC)Cc1nc(Nc2ccc(C(F)(F)F)cc2)c2ncc(-c3ncccc3C(F)(F)F)cc2n1. The van der Waals surface area contributed by atoms with E-state index in [9.17, 15) is 26.3 Å². The zero-order valence-corrected chi connectivity index (χ0v) is 22.6. The number of pyridine rings is 2. The molecule has 3 aromatic heterocycles. The minimum atomic E-state index is -4.62. The highest BCUT2D eigenvalue weighted by molar-refractivity contribution is 5.89. The molecule has 4 aromatic rings. The maximum Gasteiger partial charge on any atom is 0.418 e. The Labute approximate surface area is 233 Å². The fraction of sp³-hybridized carbons (Fsp3) is 0.379. The summed E-state index contributed by atoms with van der Waals surface area (Å²) in [5, 5.41) is 3.03. The van der Waals surface area contributed by atoms with E-state index in [1.165, 1.54) is 36.7 Å². The fourth-order valence-corrected chi connectivity index (χ4v) is 4.33. The molecular weight excluding hydrogens is 546 g/mol. The van der Waals surface area contributed by atoms with Gasteiger partial charge in [-0.25, -0.2) is 15.0 Å². The molecule has 0 amide bonds. The maximum absolute atomic E-state index is 13.7. The summed E-state index contributed by atoms with van der Waals surface area (Å²) in [6, 6.07) is 8.12. The molecule has 41 heavy (non-hydrogen) atoms. The first-order valence-corrected chi connectivity index (χ1v) is 13.4. The van der Waals surface area contributed by atoms with Gasteiger partial charge in [-0.2, -0.15) is 26.3 Å². The van der Waals surface area contributed by atoms with Gasteiger partial charge in [0.05, 0.1) is 28.9 Å². The molecule has 12 heteroatoms. The van der Waals surface area contributed by atoms with E-state index in [1.807, 2.05) is 0 Å². The average molecular weight is 577 g/mol. The molecule has 0 aliphatic heterocycles. The number of benzene rings is 1. The number of hydrogen-bond donors (Lipinski definition) is 1. The first-order valence-electron chi connectivity index (χ1n) is 13.4. The molecule has 0 spiro atoms. The number of fused-ring (bicyclic) bond motifs is 1. The van der Waals surface area contributed by atoms with E-state index in [0.29, 0.717) is 18.1 Å². The summed E-state index contributed by atoms with van der Waals surface area (Å²) in [6.45, 7) is 6.22. The highest BCUT2D eigenvalue weighted by Gasteiger charge is 2.34. The quantitative estimate of drug-likeness (QED) is 0.181. The average Bonchev–Trinajstić information content (AvgIpc) is 2.93. The van der Waals surface area contributed by atoms with Gasteiger partial charge in [-0.1, -0.05) is 26.7 Å². The zero-order chi connectivity index (χ0) is 29.6. The van der Waals surface area contributed by atoms with Crippen LogP contribution in [0.4, 0.5) is 37.8 Å². The Morgan fingerprint density at radius 3 is 2.12 bits per heavy atom. The smallest absolute Gasteiger partial charge is 0.338 e. The number of rotatable bonds is 11. The second-order valence-electron chi connectivity index (χ2n) is 9.66. The first kappa shape index (κ1) is 30.2. The molecule has 218 valence electrons. The lowest BCUT2D eigenvalue weighted by atomic mass is 10.1. The number of aromatic nitrogens is 4. The summed E-state index contributed by atoms with van der Waals surface area (Å²) >= 11 is 0. The van der Waals surface area contributed by atoms with E-state index in [4.69, 9.17) is 0 Å². The summed E-state index contributed by atoms with van der Waals surface area (Å²) in [7, 11) is 0. The number of nitrogens with one attached hydrogen (secondary N) is 1. The van der Waals surface area contributed by atoms with Crippen LogP contribution in [-0.4, -0.2) is 37.9 Å². The molecule has 1 N–H and O–H groups in total. The molecule has 0 fully saturated rings. The molecule has 3 heterocycles. The summed E-state index contributed by atoms with van der Waals surface area (Å²) in [6.07, 6.45) is -2.62. The van der Waals surface area contributed by atoms with Crippen LogP contribution in [0.15, 0.2) is 54.9 Å². The summed E-state index contributed by atoms with van der Waals surface area (Å²) in [5.74, 6) is 0.648. The van der Waals surface area contributed by atoms with E-state index in [1.54, 1.807) is 0 Å². The fourth-order valence-electron chi connectivity index (χ4n) is 4.33. The number of anilines is 2. The van der Waals surface area contributed by atoms with Gasteiger partial charge in [0.25, 0.3) is 0 Å². The molecular formula is C29H30F6N6. The van der Waals surface area contributed by atoms with Gasteiger partial charge >= 0.3 is 12.4 Å². The van der Waals surface area contributed by atoms with Crippen molar-refractivity contribution < 1.29 is 26.3 Å². The van der Waals surface area contributed by atoms with Crippen molar-refractivity contribution in [3.63, 3.8) is 0 Å². The van der Waals surface area contributed by atoms with Gasteiger partial charge in [0, 0.05) is 23.6 Å². The number of unbranched alkanes of at least 4 members (excludes halogenated alkanes) is 2. The predicted octanol–water partition coefficient (Wildman–Crippen LogP) is 8.27. The number of halogens is 6. The highest BCUT2D eigenvalue weighted by Crippen LogP contribution is 2.37. The third-order valence-corrected chi connectivity index (χ3v) is 6.46. The molecule has 0 bridgehead atoms. The topological polar surface area (TPSA) is 66.8 Å². The van der Waals surface area contributed by atoms with Crippen LogP contribution in [0.25, 0.3) is 22.3 Å². The Hall–Kier alpha value is -3.80. The summed E-state index contributed by atoms with van der Waals surface area (Å²) in [4.78, 5) is 19.8. The van der Waals surface area contributed by atoms with Crippen molar-refractivity contribution in [2.24, 2.45) is 0 Å². The van der Waals surface area contributed by atoms with Crippen molar-refractivity contribution in [1.29, 1.82) is 0 Å². The van der Waals surface area contributed by atoms with Gasteiger partial charge in [0.15, 0.2) is 5.82 Å². The molecule has 0 radical (unpaired) electrons. The second-order valence-corrected chi connectivity index (χ2v) is 9.66. The number of alkyl halides is 6. The van der Waals surface area contributed by atoms with Gasteiger partial charge in [0.2, 0.25) is 0 Å². The Morgan fingerprint density at radius 2 is 1.51 bits per heavy atom. The van der Waals surface area contributed by atoms with Crippen LogP contribution in [0, 0.1) is 0 Å². The maximum atomic E-state index is 13.7. The Kier molecular flexibility index (Phi) is 9.42. The zero-order valence-electron chi connectivity index (χ0n) is 22.6. The molecule has 0 unspecified atom stereocenters. The van der Waals surface area contributed by atoms with Crippen LogP contribution in [0.5, 0.6) is 0 Å². The highest BCUT2D eigenvalue weighted by atomic mass is 19.4. The molecule has 4 rings (SSSR count). The predicted molar refractivity (Wildman–Crippen MR) is 145 cm³/mol. The lowest BCUT2D eigenvalue weighted by molar-refractivity contribution is -0.138. The van der Waals surface area contributed by atoms with E-state index >= 15 is 0 Å². The number of nitrogens with zero attached hydrogens (tertiary/aromatic N) is 5. The van der Waals surface area contributed by atoms with E-state index < -0.39 is 23.5 Å². The van der Waals surface area contributed by atoms with Crippen molar-refractivity contribution in [3.8, 4) is 11.3 Å². The molecule has 0 saturated carbocycles. The minimum absolute atomic E-state index is 0.129.